The largest absolute Gasteiger partial charge is 0.492 e. The number of carbonyl (C=O) groups is 1. The smallest absolute Gasteiger partial charge is 0.251 e. The monoisotopic (exact) mass is 386 g/mol. The van der Waals surface area contributed by atoms with E-state index in [-0.39, 0.29) is 5.91 Å². The van der Waals surface area contributed by atoms with Crippen molar-refractivity contribution >= 4 is 11.6 Å². The fourth-order valence-corrected chi connectivity index (χ4v) is 3.71. The van der Waals surface area contributed by atoms with E-state index < -0.39 is 0 Å². The van der Waals surface area contributed by atoms with Crippen LogP contribution in [0.3, 0.4) is 0 Å². The van der Waals surface area contributed by atoms with E-state index in [1.807, 2.05) is 54.6 Å². The Morgan fingerprint density at radius 1 is 0.931 bits per heavy atom. The summed E-state index contributed by atoms with van der Waals surface area (Å²) >= 11 is 0. The summed E-state index contributed by atoms with van der Waals surface area (Å²) in [7, 11) is 0. The Balaban J connectivity index is 1.28. The number of fused-ring (bicyclic) bond motifs is 1. The van der Waals surface area contributed by atoms with Crippen molar-refractivity contribution in [3.8, 4) is 5.75 Å². The molecule has 1 aliphatic heterocycles. The molecular formula is C25H26N2O2. The van der Waals surface area contributed by atoms with Gasteiger partial charge in [-0.15, -0.1) is 0 Å². The van der Waals surface area contributed by atoms with Gasteiger partial charge in [-0.3, -0.25) is 4.79 Å². The van der Waals surface area contributed by atoms with E-state index in [4.69, 9.17) is 4.74 Å². The minimum Gasteiger partial charge on any atom is -0.492 e. The zero-order chi connectivity index (χ0) is 19.9. The van der Waals surface area contributed by atoms with Gasteiger partial charge in [0.25, 0.3) is 5.91 Å². The molecule has 3 aromatic carbocycles. The van der Waals surface area contributed by atoms with Crippen LogP contribution in [0.4, 0.5) is 5.69 Å². The number of rotatable bonds is 7. The molecule has 1 heterocycles. The van der Waals surface area contributed by atoms with Gasteiger partial charge in [0.05, 0.1) is 6.54 Å². The Morgan fingerprint density at radius 2 is 1.69 bits per heavy atom. The summed E-state index contributed by atoms with van der Waals surface area (Å²) in [4.78, 5) is 14.8. The third kappa shape index (κ3) is 4.96. The highest BCUT2D eigenvalue weighted by Gasteiger charge is 2.16. The third-order valence-electron chi connectivity index (χ3n) is 5.20. The molecule has 1 amide bonds. The topological polar surface area (TPSA) is 41.6 Å². The van der Waals surface area contributed by atoms with Gasteiger partial charge in [-0.1, -0.05) is 48.5 Å². The Bertz CT molecular complexity index is 939. The zero-order valence-electron chi connectivity index (χ0n) is 16.5. The number of carbonyl (C=O) groups excluding carboxylic acids is 1. The average molecular weight is 386 g/mol. The van der Waals surface area contributed by atoms with Crippen LogP contribution < -0.4 is 15.0 Å². The molecular weight excluding hydrogens is 360 g/mol. The zero-order valence-corrected chi connectivity index (χ0v) is 16.5. The van der Waals surface area contributed by atoms with E-state index in [1.165, 1.54) is 23.2 Å². The molecule has 4 rings (SSSR count). The molecule has 0 saturated heterocycles. The quantitative estimate of drug-likeness (QED) is 0.610. The predicted octanol–water partition coefficient (Wildman–Crippen LogP) is 4.45. The van der Waals surface area contributed by atoms with Crippen LogP contribution in [-0.2, 0) is 13.0 Å². The number of nitrogens with zero attached hydrogens (tertiary/aromatic N) is 1. The molecule has 4 nitrogen and oxygen atoms in total. The minimum absolute atomic E-state index is 0.0727. The van der Waals surface area contributed by atoms with Crippen LogP contribution in [-0.4, -0.2) is 25.6 Å². The first-order chi connectivity index (χ1) is 14.3. The fraction of sp³-hybridized carbons (Fsp3) is 0.240. The van der Waals surface area contributed by atoms with Gasteiger partial charge in [0.15, 0.2) is 0 Å². The van der Waals surface area contributed by atoms with Gasteiger partial charge in [-0.2, -0.15) is 0 Å². The standard InChI is InChI=1S/C25H26N2O2/c28-25(26-16-18-29-23-9-2-1-3-10-23)22-14-12-20(13-15-22)19-27-17-6-8-21-7-4-5-11-24(21)27/h1-5,7,9-15H,6,8,16-19H2,(H,26,28). The Labute approximate surface area is 172 Å². The van der Waals surface area contributed by atoms with Crippen molar-refractivity contribution in [1.29, 1.82) is 0 Å². The number of amides is 1. The first-order valence-electron chi connectivity index (χ1n) is 10.2. The summed E-state index contributed by atoms with van der Waals surface area (Å²) in [5.74, 6) is 0.738. The van der Waals surface area contributed by atoms with Gasteiger partial charge in [-0.25, -0.2) is 0 Å². The van der Waals surface area contributed by atoms with E-state index >= 15 is 0 Å². The normalized spacial score (nSPS) is 12.9. The van der Waals surface area contributed by atoms with Crippen LogP contribution in [0.2, 0.25) is 0 Å². The number of nitrogens with one attached hydrogen (secondary N) is 1. The summed E-state index contributed by atoms with van der Waals surface area (Å²) in [6.07, 6.45) is 2.34. The maximum atomic E-state index is 12.3. The van der Waals surface area contributed by atoms with Gasteiger partial charge in [0, 0.05) is 24.3 Å². The number of para-hydroxylation sites is 2. The summed E-state index contributed by atoms with van der Waals surface area (Å²) in [5.41, 5.74) is 4.64. The molecule has 0 radical (unpaired) electrons. The van der Waals surface area contributed by atoms with Gasteiger partial charge in [-0.05, 0) is 54.3 Å². The van der Waals surface area contributed by atoms with Crippen molar-refractivity contribution in [2.75, 3.05) is 24.6 Å². The van der Waals surface area contributed by atoms with Gasteiger partial charge < -0.3 is 15.0 Å². The molecule has 0 atom stereocenters. The van der Waals surface area contributed by atoms with Crippen molar-refractivity contribution < 1.29 is 9.53 Å². The maximum absolute atomic E-state index is 12.3. The number of anilines is 1. The number of hydrogen-bond acceptors (Lipinski definition) is 3. The Kier molecular flexibility index (Phi) is 6.10. The number of benzene rings is 3. The molecule has 0 fully saturated rings. The molecule has 148 valence electrons. The second-order valence-corrected chi connectivity index (χ2v) is 7.27. The Hall–Kier alpha value is -3.27. The summed E-state index contributed by atoms with van der Waals surface area (Å²) in [6, 6.07) is 26.1. The first kappa shape index (κ1) is 19.1. The molecule has 29 heavy (non-hydrogen) atoms. The van der Waals surface area contributed by atoms with Gasteiger partial charge in [0.1, 0.15) is 12.4 Å². The first-order valence-corrected chi connectivity index (χ1v) is 10.2. The number of hydrogen-bond donors (Lipinski definition) is 1. The highest BCUT2D eigenvalue weighted by molar-refractivity contribution is 5.94. The molecule has 0 saturated carbocycles. The van der Waals surface area contributed by atoms with Crippen molar-refractivity contribution in [1.82, 2.24) is 5.32 Å². The van der Waals surface area contributed by atoms with Crippen LogP contribution in [0.15, 0.2) is 78.9 Å². The van der Waals surface area contributed by atoms with Crippen LogP contribution in [0.5, 0.6) is 5.75 Å². The van der Waals surface area contributed by atoms with Crippen LogP contribution in [0.1, 0.15) is 27.9 Å². The maximum Gasteiger partial charge on any atom is 0.251 e. The molecule has 0 bridgehead atoms. The molecule has 3 aromatic rings. The molecule has 0 spiro atoms. The SMILES string of the molecule is O=C(NCCOc1ccccc1)c1ccc(CN2CCCc3ccccc32)cc1. The van der Waals surface area contributed by atoms with E-state index in [0.29, 0.717) is 18.7 Å². The number of aryl methyl sites for hydroxylation is 1. The van der Waals surface area contributed by atoms with Gasteiger partial charge >= 0.3 is 0 Å². The van der Waals surface area contributed by atoms with E-state index in [9.17, 15) is 4.79 Å². The lowest BCUT2D eigenvalue weighted by molar-refractivity contribution is 0.0947. The van der Waals surface area contributed by atoms with E-state index in [2.05, 4.69) is 34.5 Å². The second kappa shape index (κ2) is 9.28. The molecule has 0 aromatic heterocycles. The predicted molar refractivity (Wildman–Crippen MR) is 117 cm³/mol. The van der Waals surface area contributed by atoms with E-state index in [0.717, 1.165) is 25.3 Å². The summed E-state index contributed by atoms with van der Waals surface area (Å²) < 4.78 is 5.60. The van der Waals surface area contributed by atoms with Crippen molar-refractivity contribution in [2.24, 2.45) is 0 Å². The van der Waals surface area contributed by atoms with Crippen LogP contribution >= 0.6 is 0 Å². The lowest BCUT2D eigenvalue weighted by Crippen LogP contribution is -2.29. The fourth-order valence-electron chi connectivity index (χ4n) is 3.71. The lowest BCUT2D eigenvalue weighted by atomic mass is 10.0. The average Bonchev–Trinajstić information content (AvgIpc) is 2.78. The molecule has 0 aliphatic carbocycles. The summed E-state index contributed by atoms with van der Waals surface area (Å²) in [5, 5.41) is 2.91. The minimum atomic E-state index is -0.0727. The third-order valence-corrected chi connectivity index (χ3v) is 5.20. The second-order valence-electron chi connectivity index (χ2n) is 7.27. The van der Waals surface area contributed by atoms with Crippen molar-refractivity contribution in [3.63, 3.8) is 0 Å². The lowest BCUT2D eigenvalue weighted by Gasteiger charge is -2.31. The molecule has 1 aliphatic rings. The highest BCUT2D eigenvalue weighted by Crippen LogP contribution is 2.28. The van der Waals surface area contributed by atoms with Crippen LogP contribution in [0.25, 0.3) is 0 Å². The molecule has 0 unspecified atom stereocenters. The van der Waals surface area contributed by atoms with Crippen LogP contribution in [0, 0.1) is 0 Å². The summed E-state index contributed by atoms with van der Waals surface area (Å²) in [6.45, 7) is 2.85. The van der Waals surface area contributed by atoms with Gasteiger partial charge in [0.2, 0.25) is 0 Å². The van der Waals surface area contributed by atoms with Crippen molar-refractivity contribution in [3.05, 3.63) is 95.6 Å². The highest BCUT2D eigenvalue weighted by atomic mass is 16.5. The van der Waals surface area contributed by atoms with Crippen molar-refractivity contribution in [2.45, 2.75) is 19.4 Å². The Morgan fingerprint density at radius 3 is 2.52 bits per heavy atom. The molecule has 4 heteroatoms. The number of ether oxygens (including phenoxy) is 1. The van der Waals surface area contributed by atoms with E-state index in [1.54, 1.807) is 0 Å². The molecule has 1 N–H and O–H groups in total.